The van der Waals surface area contributed by atoms with Crippen LogP contribution in [0.15, 0.2) is 53.1 Å². The summed E-state index contributed by atoms with van der Waals surface area (Å²) >= 11 is 6.19. The highest BCUT2D eigenvalue weighted by molar-refractivity contribution is 6.33. The minimum Gasteiger partial charge on any atom is -0.459 e. The van der Waals surface area contributed by atoms with Gasteiger partial charge in [-0.2, -0.15) is 5.10 Å². The first-order valence-corrected chi connectivity index (χ1v) is 8.93. The van der Waals surface area contributed by atoms with E-state index in [1.165, 1.54) is 6.26 Å². The van der Waals surface area contributed by atoms with E-state index in [-0.39, 0.29) is 11.8 Å². The van der Waals surface area contributed by atoms with E-state index in [2.05, 4.69) is 10.2 Å². The quantitative estimate of drug-likeness (QED) is 0.752. The molecule has 7 nitrogen and oxygen atoms in total. The summed E-state index contributed by atoms with van der Waals surface area (Å²) in [5.74, 6) is 0.00766. The average Bonchev–Trinajstić information content (AvgIpc) is 3.39. The number of hydrogen-bond acceptors (Lipinski definition) is 4. The number of halogens is 1. The molecule has 138 valence electrons. The van der Waals surface area contributed by atoms with Gasteiger partial charge in [-0.1, -0.05) is 29.8 Å². The predicted molar refractivity (Wildman–Crippen MR) is 99.5 cm³/mol. The van der Waals surface area contributed by atoms with Crippen molar-refractivity contribution in [2.24, 2.45) is 0 Å². The summed E-state index contributed by atoms with van der Waals surface area (Å²) in [6, 6.07) is 12.4. The number of amides is 2. The third-order valence-electron chi connectivity index (χ3n) is 4.54. The van der Waals surface area contributed by atoms with Gasteiger partial charge in [0.2, 0.25) is 0 Å². The summed E-state index contributed by atoms with van der Waals surface area (Å²) in [5.41, 5.74) is 1.79. The van der Waals surface area contributed by atoms with Crippen LogP contribution in [0.4, 0.5) is 0 Å². The normalized spacial score (nSPS) is 14.4. The first-order chi connectivity index (χ1) is 13.1. The molecule has 3 heterocycles. The summed E-state index contributed by atoms with van der Waals surface area (Å²) in [7, 11) is 0. The monoisotopic (exact) mass is 384 g/mol. The molecule has 0 bridgehead atoms. The summed E-state index contributed by atoms with van der Waals surface area (Å²) in [6.07, 6.45) is 1.47. The average molecular weight is 385 g/mol. The van der Waals surface area contributed by atoms with Crippen LogP contribution in [0.5, 0.6) is 0 Å². The number of benzene rings is 1. The number of carbonyl (C=O) groups excluding carboxylic acids is 2. The van der Waals surface area contributed by atoms with Crippen LogP contribution in [0.1, 0.15) is 21.0 Å². The highest BCUT2D eigenvalue weighted by Gasteiger charge is 2.27. The fourth-order valence-corrected chi connectivity index (χ4v) is 3.31. The summed E-state index contributed by atoms with van der Waals surface area (Å²) in [4.78, 5) is 28.4. The molecule has 1 aliphatic rings. The molecule has 8 heteroatoms. The maximum Gasteiger partial charge on any atom is 0.289 e. The lowest BCUT2D eigenvalue weighted by Gasteiger charge is -2.34. The Labute approximate surface area is 160 Å². The SMILES string of the molecule is O=C(c1cc(-c2ccccc2Cl)n[nH]1)N1CCN(C(=O)c2ccco2)CC1. The van der Waals surface area contributed by atoms with Gasteiger partial charge >= 0.3 is 0 Å². The lowest BCUT2D eigenvalue weighted by Crippen LogP contribution is -2.50. The first-order valence-electron chi connectivity index (χ1n) is 8.56. The second-order valence-electron chi connectivity index (χ2n) is 6.21. The van der Waals surface area contributed by atoms with Crippen LogP contribution in [0.2, 0.25) is 5.02 Å². The highest BCUT2D eigenvalue weighted by Crippen LogP contribution is 2.26. The summed E-state index contributed by atoms with van der Waals surface area (Å²) in [6.45, 7) is 1.81. The summed E-state index contributed by atoms with van der Waals surface area (Å²) < 4.78 is 5.15. The van der Waals surface area contributed by atoms with Crippen LogP contribution < -0.4 is 0 Å². The molecule has 27 heavy (non-hydrogen) atoms. The second kappa shape index (κ2) is 7.28. The van der Waals surface area contributed by atoms with E-state index in [1.54, 1.807) is 34.1 Å². The van der Waals surface area contributed by atoms with Crippen LogP contribution >= 0.6 is 11.6 Å². The topological polar surface area (TPSA) is 82.4 Å². The maximum atomic E-state index is 12.7. The van der Waals surface area contributed by atoms with Gasteiger partial charge in [0.15, 0.2) is 5.76 Å². The molecule has 0 aliphatic carbocycles. The Morgan fingerprint density at radius 2 is 1.70 bits per heavy atom. The third-order valence-corrected chi connectivity index (χ3v) is 4.87. The van der Waals surface area contributed by atoms with Crippen molar-refractivity contribution in [1.29, 1.82) is 0 Å². The van der Waals surface area contributed by atoms with E-state index in [0.29, 0.717) is 48.3 Å². The van der Waals surface area contributed by atoms with Gasteiger partial charge in [-0.05, 0) is 24.3 Å². The number of H-pyrrole nitrogens is 1. The molecule has 2 aromatic heterocycles. The van der Waals surface area contributed by atoms with Crippen LogP contribution in [0, 0.1) is 0 Å². The number of nitrogens with zero attached hydrogens (tertiary/aromatic N) is 3. The molecule has 0 spiro atoms. The van der Waals surface area contributed by atoms with Gasteiger partial charge in [0, 0.05) is 31.7 Å². The minimum atomic E-state index is -0.158. The molecule has 1 N–H and O–H groups in total. The molecule has 0 unspecified atom stereocenters. The molecule has 1 fully saturated rings. The molecule has 3 aromatic rings. The smallest absolute Gasteiger partial charge is 0.289 e. The number of aromatic amines is 1. The molecule has 0 radical (unpaired) electrons. The van der Waals surface area contributed by atoms with Crippen molar-refractivity contribution in [3.8, 4) is 11.3 Å². The van der Waals surface area contributed by atoms with Gasteiger partial charge in [0.05, 0.1) is 17.0 Å². The van der Waals surface area contributed by atoms with Crippen molar-refractivity contribution in [1.82, 2.24) is 20.0 Å². The van der Waals surface area contributed by atoms with Gasteiger partial charge < -0.3 is 14.2 Å². The molecule has 0 saturated carbocycles. The van der Waals surface area contributed by atoms with E-state index in [1.807, 2.05) is 18.2 Å². The van der Waals surface area contributed by atoms with Gasteiger partial charge in [-0.25, -0.2) is 0 Å². The number of piperazine rings is 1. The van der Waals surface area contributed by atoms with E-state index in [0.717, 1.165) is 5.56 Å². The number of furan rings is 1. The van der Waals surface area contributed by atoms with Gasteiger partial charge in [-0.15, -0.1) is 0 Å². The van der Waals surface area contributed by atoms with Crippen molar-refractivity contribution < 1.29 is 14.0 Å². The Hall–Kier alpha value is -3.06. The van der Waals surface area contributed by atoms with Crippen molar-refractivity contribution in [3.63, 3.8) is 0 Å². The predicted octanol–water partition coefficient (Wildman–Crippen LogP) is 2.92. The maximum absolute atomic E-state index is 12.7. The van der Waals surface area contributed by atoms with E-state index in [9.17, 15) is 9.59 Å². The Bertz CT molecular complexity index is 959. The van der Waals surface area contributed by atoms with Gasteiger partial charge in [-0.3, -0.25) is 14.7 Å². The van der Waals surface area contributed by atoms with Gasteiger partial charge in [0.25, 0.3) is 11.8 Å². The number of nitrogens with one attached hydrogen (secondary N) is 1. The van der Waals surface area contributed by atoms with Crippen LogP contribution in [-0.2, 0) is 0 Å². The number of aromatic nitrogens is 2. The van der Waals surface area contributed by atoms with Crippen molar-refractivity contribution >= 4 is 23.4 Å². The molecule has 2 amide bonds. The zero-order chi connectivity index (χ0) is 18.8. The standard InChI is InChI=1S/C19H17ClN4O3/c20-14-5-2-1-4-13(14)15-12-16(22-21-15)18(25)23-7-9-24(10-8-23)19(26)17-6-3-11-27-17/h1-6,11-12H,7-10H2,(H,21,22). The zero-order valence-corrected chi connectivity index (χ0v) is 15.1. The second-order valence-corrected chi connectivity index (χ2v) is 6.62. The lowest BCUT2D eigenvalue weighted by molar-refractivity contribution is 0.0515. The lowest BCUT2D eigenvalue weighted by atomic mass is 10.1. The molecule has 1 aliphatic heterocycles. The van der Waals surface area contributed by atoms with E-state index >= 15 is 0 Å². The Balaban J connectivity index is 1.41. The van der Waals surface area contributed by atoms with Crippen molar-refractivity contribution in [2.45, 2.75) is 0 Å². The molecular weight excluding hydrogens is 368 g/mol. The van der Waals surface area contributed by atoms with Crippen LogP contribution in [0.25, 0.3) is 11.3 Å². The Morgan fingerprint density at radius 1 is 1.00 bits per heavy atom. The largest absolute Gasteiger partial charge is 0.459 e. The molecule has 4 rings (SSSR count). The molecule has 1 saturated heterocycles. The summed E-state index contributed by atoms with van der Waals surface area (Å²) in [5, 5.41) is 7.57. The molecule has 1 aromatic carbocycles. The van der Waals surface area contributed by atoms with E-state index < -0.39 is 0 Å². The van der Waals surface area contributed by atoms with Crippen molar-refractivity contribution in [3.05, 3.63) is 65.2 Å². The molecular formula is C19H17ClN4O3. The third kappa shape index (κ3) is 3.46. The fraction of sp³-hybridized carbons (Fsp3) is 0.211. The van der Waals surface area contributed by atoms with Crippen LogP contribution in [0.3, 0.4) is 0 Å². The van der Waals surface area contributed by atoms with Crippen molar-refractivity contribution in [2.75, 3.05) is 26.2 Å². The minimum absolute atomic E-state index is 0.147. The Kier molecular flexibility index (Phi) is 4.68. The Morgan fingerprint density at radius 3 is 2.37 bits per heavy atom. The van der Waals surface area contributed by atoms with Crippen LogP contribution in [-0.4, -0.2) is 58.0 Å². The highest BCUT2D eigenvalue weighted by atomic mass is 35.5. The number of hydrogen-bond donors (Lipinski definition) is 1. The number of rotatable bonds is 3. The first kappa shape index (κ1) is 17.4. The fourth-order valence-electron chi connectivity index (χ4n) is 3.08. The zero-order valence-electron chi connectivity index (χ0n) is 14.4. The van der Waals surface area contributed by atoms with Gasteiger partial charge in [0.1, 0.15) is 5.69 Å². The number of carbonyl (C=O) groups is 2. The van der Waals surface area contributed by atoms with E-state index in [4.69, 9.17) is 16.0 Å². The molecule has 0 atom stereocenters.